The molecule has 0 bridgehead atoms. The maximum atomic E-state index is 12.5. The van der Waals surface area contributed by atoms with E-state index in [0.29, 0.717) is 10.7 Å². The first-order valence-electron chi connectivity index (χ1n) is 9.97. The monoisotopic (exact) mass is 464 g/mol. The number of hydrogen-bond acceptors (Lipinski definition) is 9. The molecule has 174 valence electrons. The Morgan fingerprint density at radius 3 is 2.50 bits per heavy atom. The highest BCUT2D eigenvalue weighted by Crippen LogP contribution is 2.19. The Morgan fingerprint density at radius 1 is 1.18 bits per heavy atom. The van der Waals surface area contributed by atoms with Crippen LogP contribution in [-0.2, 0) is 19.2 Å². The van der Waals surface area contributed by atoms with Crippen molar-refractivity contribution in [3.8, 4) is 0 Å². The van der Waals surface area contributed by atoms with Gasteiger partial charge in [-0.15, -0.1) is 0 Å². The van der Waals surface area contributed by atoms with Crippen LogP contribution in [0.2, 0.25) is 0 Å². The zero-order valence-corrected chi connectivity index (χ0v) is 17.9. The van der Waals surface area contributed by atoms with E-state index in [2.05, 4.69) is 15.3 Å². The van der Waals surface area contributed by atoms with Gasteiger partial charge in [0.15, 0.2) is 11.7 Å². The highest BCUT2D eigenvalue weighted by molar-refractivity contribution is 6.18. The van der Waals surface area contributed by atoms with E-state index in [9.17, 15) is 24.4 Å². The second kappa shape index (κ2) is 11.0. The van der Waals surface area contributed by atoms with Gasteiger partial charge in [-0.1, -0.05) is 30.3 Å². The third-order valence-electron chi connectivity index (χ3n) is 4.54. The normalized spacial score (nSPS) is 16.7. The van der Waals surface area contributed by atoms with Crippen molar-refractivity contribution in [2.24, 2.45) is 15.3 Å². The molecule has 2 aromatic rings. The molecular weight excluding hydrogens is 444 g/mol. The summed E-state index contributed by atoms with van der Waals surface area (Å²) in [7, 11) is 0. The Labute approximate surface area is 193 Å². The smallest absolute Gasteiger partial charge is 0.282 e. The Bertz CT molecular complexity index is 1170. The van der Waals surface area contributed by atoms with Gasteiger partial charge in [0.2, 0.25) is 5.91 Å². The molecule has 0 saturated heterocycles. The molecule has 0 spiro atoms. The maximum Gasteiger partial charge on any atom is 0.282 e. The standard InChI is InChI=1S/C22H20N6O6/c1-14-21(25-24-16-8-10-17(11-9-16)28(33)34)22(32)27(26-14)20(31)13-19(30)23-18(29)12-7-15-5-3-2-4-6-15/h2-12,21,28,33H,13H2,1H3,(H,23,29,30)/b12-7+,25-24?. The topological polar surface area (TPSA) is 168 Å². The third-order valence-corrected chi connectivity index (χ3v) is 4.54. The lowest BCUT2D eigenvalue weighted by atomic mass is 10.2. The molecule has 12 nitrogen and oxygen atoms in total. The van der Waals surface area contributed by atoms with Crippen LogP contribution in [-0.4, -0.2) is 45.6 Å². The molecular formula is C22H20N6O6. The molecule has 0 fully saturated rings. The first-order valence-corrected chi connectivity index (χ1v) is 9.97. The van der Waals surface area contributed by atoms with Crippen molar-refractivity contribution >= 4 is 46.8 Å². The number of imide groups is 2. The van der Waals surface area contributed by atoms with Gasteiger partial charge < -0.3 is 5.21 Å². The van der Waals surface area contributed by atoms with Gasteiger partial charge in [0, 0.05) is 18.2 Å². The fraction of sp³-hybridized carbons (Fsp3) is 0.136. The second-order valence-corrected chi connectivity index (χ2v) is 7.09. The van der Waals surface area contributed by atoms with E-state index < -0.39 is 41.3 Å². The number of hydrazone groups is 1. The van der Waals surface area contributed by atoms with Gasteiger partial charge in [0.1, 0.15) is 6.42 Å². The van der Waals surface area contributed by atoms with Crippen LogP contribution in [0, 0.1) is 5.21 Å². The molecule has 2 atom stereocenters. The Morgan fingerprint density at radius 2 is 1.85 bits per heavy atom. The van der Waals surface area contributed by atoms with Gasteiger partial charge in [-0.2, -0.15) is 25.6 Å². The number of nitrogens with one attached hydrogen (secondary N) is 2. The molecule has 2 unspecified atom stereocenters. The van der Waals surface area contributed by atoms with Crippen LogP contribution >= 0.6 is 0 Å². The number of nitrogens with zero attached hydrogens (tertiary/aromatic N) is 4. The summed E-state index contributed by atoms with van der Waals surface area (Å²) >= 11 is 0. The largest absolute Gasteiger partial charge is 0.595 e. The molecule has 34 heavy (non-hydrogen) atoms. The summed E-state index contributed by atoms with van der Waals surface area (Å²) in [5.41, 5.74) is 1.31. The van der Waals surface area contributed by atoms with E-state index in [0.717, 1.165) is 11.6 Å². The fourth-order valence-corrected chi connectivity index (χ4v) is 2.83. The molecule has 2 aromatic carbocycles. The van der Waals surface area contributed by atoms with E-state index in [-0.39, 0.29) is 11.4 Å². The molecule has 0 radical (unpaired) electrons. The molecule has 3 rings (SSSR count). The third kappa shape index (κ3) is 6.32. The number of azo groups is 1. The molecule has 1 aliphatic rings. The van der Waals surface area contributed by atoms with E-state index in [1.807, 2.05) is 11.4 Å². The predicted octanol–water partition coefficient (Wildman–Crippen LogP) is 1.03. The Balaban J connectivity index is 1.55. The van der Waals surface area contributed by atoms with Crippen molar-refractivity contribution < 1.29 is 29.6 Å². The van der Waals surface area contributed by atoms with Crippen LogP contribution < -0.4 is 10.5 Å². The number of rotatable bonds is 7. The van der Waals surface area contributed by atoms with Gasteiger partial charge >= 0.3 is 0 Å². The van der Waals surface area contributed by atoms with Gasteiger partial charge in [0.05, 0.1) is 11.4 Å². The number of carbonyl (C=O) groups is 4. The molecule has 12 heteroatoms. The average molecular weight is 464 g/mol. The zero-order chi connectivity index (χ0) is 24.7. The Kier molecular flexibility index (Phi) is 7.82. The SMILES string of the molecule is CC1=NN(C(=O)CC(=O)NC(=O)/C=C/c2ccccc2)C(=O)C1N=Nc1ccc([NH+]([O-])O)cc1. The highest BCUT2D eigenvalue weighted by atomic mass is 16.8. The van der Waals surface area contributed by atoms with E-state index >= 15 is 0 Å². The Hall–Kier alpha value is -4.39. The summed E-state index contributed by atoms with van der Waals surface area (Å²) in [6.45, 7) is 1.47. The van der Waals surface area contributed by atoms with Crippen LogP contribution in [0.1, 0.15) is 18.9 Å². The van der Waals surface area contributed by atoms with Crippen molar-refractivity contribution in [2.45, 2.75) is 19.4 Å². The van der Waals surface area contributed by atoms with Crippen LogP contribution in [0.15, 0.2) is 76.0 Å². The summed E-state index contributed by atoms with van der Waals surface area (Å²) in [6, 6.07) is 13.3. The second-order valence-electron chi connectivity index (χ2n) is 7.09. The van der Waals surface area contributed by atoms with Crippen molar-refractivity contribution in [1.29, 1.82) is 0 Å². The highest BCUT2D eigenvalue weighted by Gasteiger charge is 2.38. The summed E-state index contributed by atoms with van der Waals surface area (Å²) in [5.74, 6) is -3.33. The molecule has 1 aliphatic heterocycles. The quantitative estimate of drug-likeness (QED) is 0.239. The van der Waals surface area contributed by atoms with Crippen LogP contribution in [0.5, 0.6) is 0 Å². The molecule has 1 heterocycles. The van der Waals surface area contributed by atoms with E-state index in [1.54, 1.807) is 24.3 Å². The lowest BCUT2D eigenvalue weighted by Crippen LogP contribution is -2.99. The number of amides is 4. The summed E-state index contributed by atoms with van der Waals surface area (Å²) in [6.07, 6.45) is 1.89. The number of carbonyl (C=O) groups excluding carboxylic acids is 4. The molecule has 0 aromatic heterocycles. The van der Waals surface area contributed by atoms with Crippen LogP contribution in [0.4, 0.5) is 11.4 Å². The first kappa shape index (κ1) is 24.3. The number of quaternary nitrogens is 1. The number of hydrogen-bond donors (Lipinski definition) is 3. The molecule has 0 saturated carbocycles. The fourth-order valence-electron chi connectivity index (χ4n) is 2.83. The minimum atomic E-state index is -1.17. The van der Waals surface area contributed by atoms with Gasteiger partial charge in [-0.3, -0.25) is 24.5 Å². The zero-order valence-electron chi connectivity index (χ0n) is 17.9. The molecule has 4 amide bonds. The van der Waals surface area contributed by atoms with E-state index in [4.69, 9.17) is 5.21 Å². The minimum Gasteiger partial charge on any atom is -0.595 e. The van der Waals surface area contributed by atoms with Crippen LogP contribution in [0.25, 0.3) is 6.08 Å². The lowest BCUT2D eigenvalue weighted by molar-refractivity contribution is -0.991. The summed E-state index contributed by atoms with van der Waals surface area (Å²) < 4.78 is 0. The summed E-state index contributed by atoms with van der Waals surface area (Å²) in [4.78, 5) is 48.8. The summed E-state index contributed by atoms with van der Waals surface area (Å²) in [5, 5.41) is 32.9. The van der Waals surface area contributed by atoms with Crippen molar-refractivity contribution in [2.75, 3.05) is 0 Å². The van der Waals surface area contributed by atoms with Gasteiger partial charge in [0.25, 0.3) is 17.7 Å². The first-order chi connectivity index (χ1) is 16.2. The predicted molar refractivity (Wildman–Crippen MR) is 119 cm³/mol. The average Bonchev–Trinajstić information content (AvgIpc) is 3.10. The van der Waals surface area contributed by atoms with E-state index in [1.165, 1.54) is 37.3 Å². The van der Waals surface area contributed by atoms with Gasteiger partial charge in [-0.05, 0) is 30.7 Å². The van der Waals surface area contributed by atoms with Gasteiger partial charge in [-0.25, -0.2) is 5.21 Å². The molecule has 0 aliphatic carbocycles. The lowest BCUT2D eigenvalue weighted by Gasteiger charge is -2.11. The minimum absolute atomic E-state index is 0.0673. The van der Waals surface area contributed by atoms with Crippen molar-refractivity contribution in [3.63, 3.8) is 0 Å². The molecule has 3 N–H and O–H groups in total. The van der Waals surface area contributed by atoms with Crippen molar-refractivity contribution in [3.05, 3.63) is 71.4 Å². The number of benzene rings is 2. The van der Waals surface area contributed by atoms with Crippen LogP contribution in [0.3, 0.4) is 0 Å². The maximum absolute atomic E-state index is 12.5. The van der Waals surface area contributed by atoms with Crippen molar-refractivity contribution in [1.82, 2.24) is 10.3 Å².